The van der Waals surface area contributed by atoms with Crippen LogP contribution in [-0.4, -0.2) is 22.7 Å². The summed E-state index contributed by atoms with van der Waals surface area (Å²) in [6, 6.07) is 7.17. The smallest absolute Gasteiger partial charge is 0.0631 e. The Hall–Kier alpha value is -0.870. The number of methoxy groups -OCH3 is 1. The van der Waals surface area contributed by atoms with E-state index in [2.05, 4.69) is 0 Å². The highest BCUT2D eigenvalue weighted by Gasteiger charge is 2.17. The molecule has 90 valence electrons. The third-order valence-corrected chi connectivity index (χ3v) is 3.96. The monoisotopic (exact) mass is 241 g/mol. The van der Waals surface area contributed by atoms with Gasteiger partial charge in [-0.3, -0.25) is 4.21 Å². The highest BCUT2D eigenvalue weighted by atomic mass is 32.2. The number of hydrogen-bond acceptors (Lipinski definition) is 3. The van der Waals surface area contributed by atoms with Gasteiger partial charge in [-0.25, -0.2) is 0 Å². The molecule has 0 aliphatic carbocycles. The Morgan fingerprint density at radius 1 is 1.31 bits per heavy atom. The summed E-state index contributed by atoms with van der Waals surface area (Å²) >= 11 is 0. The van der Waals surface area contributed by atoms with Crippen molar-refractivity contribution in [3.8, 4) is 0 Å². The molecule has 0 saturated heterocycles. The van der Waals surface area contributed by atoms with Crippen LogP contribution in [0.2, 0.25) is 0 Å². The van der Waals surface area contributed by atoms with Crippen molar-refractivity contribution < 1.29 is 8.95 Å². The van der Waals surface area contributed by atoms with E-state index in [1.54, 1.807) is 19.2 Å². The number of nitrogen functional groups attached to an aromatic ring is 1. The molecule has 3 nitrogen and oxygen atoms in total. The van der Waals surface area contributed by atoms with E-state index in [4.69, 9.17) is 10.5 Å². The largest absolute Gasteiger partial charge is 0.399 e. The molecule has 0 spiro atoms. The van der Waals surface area contributed by atoms with Crippen molar-refractivity contribution >= 4 is 16.5 Å². The van der Waals surface area contributed by atoms with Crippen LogP contribution in [0.4, 0.5) is 5.69 Å². The quantitative estimate of drug-likeness (QED) is 0.804. The fraction of sp³-hybridized carbons (Fsp3) is 0.500. The number of hydrogen-bond donors (Lipinski definition) is 1. The van der Waals surface area contributed by atoms with Crippen molar-refractivity contribution in [3.63, 3.8) is 0 Å². The molecule has 4 heteroatoms. The summed E-state index contributed by atoms with van der Waals surface area (Å²) in [4.78, 5) is 0.820. The van der Waals surface area contributed by atoms with Gasteiger partial charge >= 0.3 is 0 Å². The van der Waals surface area contributed by atoms with E-state index in [0.717, 1.165) is 11.3 Å². The van der Waals surface area contributed by atoms with Crippen molar-refractivity contribution in [3.05, 3.63) is 24.3 Å². The Labute approximate surface area is 99.4 Å². The minimum atomic E-state index is -0.975. The summed E-state index contributed by atoms with van der Waals surface area (Å²) < 4.78 is 17.2. The molecule has 0 saturated carbocycles. The lowest BCUT2D eigenvalue weighted by Gasteiger charge is -2.22. The maximum atomic E-state index is 11.9. The molecule has 2 N–H and O–H groups in total. The maximum Gasteiger partial charge on any atom is 0.0631 e. The van der Waals surface area contributed by atoms with Crippen LogP contribution in [0.15, 0.2) is 29.2 Å². The second kappa shape index (κ2) is 5.46. The lowest BCUT2D eigenvalue weighted by atomic mass is 10.1. The molecule has 16 heavy (non-hydrogen) atoms. The van der Waals surface area contributed by atoms with Gasteiger partial charge in [0.2, 0.25) is 0 Å². The number of anilines is 1. The van der Waals surface area contributed by atoms with E-state index in [0.29, 0.717) is 11.4 Å². The second-order valence-electron chi connectivity index (χ2n) is 4.33. The molecule has 0 heterocycles. The SMILES string of the molecule is COC(C)(C)CCS(=O)c1ccc(N)cc1. The van der Waals surface area contributed by atoms with Gasteiger partial charge in [-0.2, -0.15) is 0 Å². The first-order valence-electron chi connectivity index (χ1n) is 5.24. The first-order valence-corrected chi connectivity index (χ1v) is 6.55. The topological polar surface area (TPSA) is 52.3 Å². The molecule has 1 aromatic carbocycles. The molecule has 0 aliphatic heterocycles. The zero-order valence-electron chi connectivity index (χ0n) is 10.0. The molecule has 0 aliphatic rings. The summed E-state index contributed by atoms with van der Waals surface area (Å²) in [5.74, 6) is 0.602. The summed E-state index contributed by atoms with van der Waals surface area (Å²) in [6.45, 7) is 3.99. The molecule has 1 rings (SSSR count). The highest BCUT2D eigenvalue weighted by Crippen LogP contribution is 2.17. The van der Waals surface area contributed by atoms with Crippen molar-refractivity contribution in [2.45, 2.75) is 30.8 Å². The molecule has 0 amide bonds. The fourth-order valence-corrected chi connectivity index (χ4v) is 2.53. The van der Waals surface area contributed by atoms with E-state index < -0.39 is 10.8 Å². The fourth-order valence-electron chi connectivity index (χ4n) is 1.18. The molecular formula is C12H19NO2S. The van der Waals surface area contributed by atoms with Crippen molar-refractivity contribution in [1.29, 1.82) is 0 Å². The van der Waals surface area contributed by atoms with Crippen LogP contribution < -0.4 is 5.73 Å². The summed E-state index contributed by atoms with van der Waals surface area (Å²) in [5.41, 5.74) is 6.05. The highest BCUT2D eigenvalue weighted by molar-refractivity contribution is 7.85. The Bertz CT molecular complexity index is 360. The lowest BCUT2D eigenvalue weighted by Crippen LogP contribution is -2.24. The van der Waals surface area contributed by atoms with Gasteiger partial charge in [0, 0.05) is 23.4 Å². The normalized spacial score (nSPS) is 13.7. The Kier molecular flexibility index (Phi) is 4.50. The van der Waals surface area contributed by atoms with Gasteiger partial charge in [0.25, 0.3) is 0 Å². The molecule has 1 aromatic rings. The minimum Gasteiger partial charge on any atom is -0.399 e. The van der Waals surface area contributed by atoms with Crippen LogP contribution in [-0.2, 0) is 15.5 Å². The Morgan fingerprint density at radius 3 is 2.38 bits per heavy atom. The van der Waals surface area contributed by atoms with Gasteiger partial charge in [0.15, 0.2) is 0 Å². The first kappa shape index (κ1) is 13.2. The molecule has 0 fully saturated rings. The molecule has 0 aromatic heterocycles. The maximum absolute atomic E-state index is 11.9. The van der Waals surface area contributed by atoms with Gasteiger partial charge in [-0.05, 0) is 44.5 Å². The van der Waals surface area contributed by atoms with Crippen molar-refractivity contribution in [2.75, 3.05) is 18.6 Å². The van der Waals surface area contributed by atoms with Crippen LogP contribution in [0.25, 0.3) is 0 Å². The van der Waals surface area contributed by atoms with E-state index >= 15 is 0 Å². The Morgan fingerprint density at radius 2 is 1.88 bits per heavy atom. The van der Waals surface area contributed by atoms with Gasteiger partial charge in [-0.15, -0.1) is 0 Å². The van der Waals surface area contributed by atoms with Crippen molar-refractivity contribution in [1.82, 2.24) is 0 Å². The summed E-state index contributed by atoms with van der Waals surface area (Å²) in [7, 11) is 0.697. The second-order valence-corrected chi connectivity index (χ2v) is 5.90. The van der Waals surface area contributed by atoms with E-state index in [1.807, 2.05) is 26.0 Å². The lowest BCUT2D eigenvalue weighted by molar-refractivity contribution is 0.0205. The zero-order chi connectivity index (χ0) is 12.2. The molecule has 1 unspecified atom stereocenters. The van der Waals surface area contributed by atoms with Crippen molar-refractivity contribution in [2.24, 2.45) is 0 Å². The van der Waals surface area contributed by atoms with Gasteiger partial charge < -0.3 is 10.5 Å². The minimum absolute atomic E-state index is 0.219. The van der Waals surface area contributed by atoms with Gasteiger partial charge in [0.05, 0.1) is 16.4 Å². The number of ether oxygens (including phenoxy) is 1. The van der Waals surface area contributed by atoms with Gasteiger partial charge in [-0.1, -0.05) is 0 Å². The van der Waals surface area contributed by atoms with E-state index in [1.165, 1.54) is 0 Å². The molecule has 0 radical (unpaired) electrons. The summed E-state index contributed by atoms with van der Waals surface area (Å²) in [6.07, 6.45) is 0.764. The first-order chi connectivity index (χ1) is 7.44. The van der Waals surface area contributed by atoms with Crippen LogP contribution in [0.1, 0.15) is 20.3 Å². The molecular weight excluding hydrogens is 222 g/mol. The zero-order valence-corrected chi connectivity index (χ0v) is 10.8. The summed E-state index contributed by atoms with van der Waals surface area (Å²) in [5, 5.41) is 0. The predicted octanol–water partition coefficient (Wildman–Crippen LogP) is 2.19. The van der Waals surface area contributed by atoms with Crippen LogP contribution >= 0.6 is 0 Å². The van der Waals surface area contributed by atoms with Crippen LogP contribution in [0.5, 0.6) is 0 Å². The average molecular weight is 241 g/mol. The number of benzene rings is 1. The predicted molar refractivity (Wildman–Crippen MR) is 67.8 cm³/mol. The third kappa shape index (κ3) is 3.94. The van der Waals surface area contributed by atoms with Crippen LogP contribution in [0.3, 0.4) is 0 Å². The van der Waals surface area contributed by atoms with Crippen LogP contribution in [0, 0.1) is 0 Å². The van der Waals surface area contributed by atoms with E-state index in [-0.39, 0.29) is 5.60 Å². The standard InChI is InChI=1S/C12H19NO2S/c1-12(2,15-3)8-9-16(14)11-6-4-10(13)5-7-11/h4-7H,8-9,13H2,1-3H3. The average Bonchev–Trinajstić information content (AvgIpc) is 2.27. The molecule has 1 atom stereocenters. The number of rotatable bonds is 5. The van der Waals surface area contributed by atoms with E-state index in [9.17, 15) is 4.21 Å². The molecule has 0 bridgehead atoms. The third-order valence-electron chi connectivity index (χ3n) is 2.59. The van der Waals surface area contributed by atoms with Gasteiger partial charge in [0.1, 0.15) is 0 Å². The Balaban J connectivity index is 2.56. The number of nitrogens with two attached hydrogens (primary N) is 1.